The van der Waals surface area contributed by atoms with Crippen molar-refractivity contribution < 1.29 is 9.53 Å². The zero-order chi connectivity index (χ0) is 15.1. The molecule has 0 heterocycles. The van der Waals surface area contributed by atoms with Crippen molar-refractivity contribution in [2.45, 2.75) is 13.3 Å². The predicted octanol–water partition coefficient (Wildman–Crippen LogP) is 3.37. The molecule has 2 aromatic carbocycles. The molecule has 0 aliphatic carbocycles. The van der Waals surface area contributed by atoms with Crippen LogP contribution in [0.25, 0.3) is 0 Å². The van der Waals surface area contributed by atoms with Gasteiger partial charge in [0.2, 0.25) is 0 Å². The summed E-state index contributed by atoms with van der Waals surface area (Å²) in [4.78, 5) is 11.9. The molecule has 4 heteroatoms. The lowest BCUT2D eigenvalue weighted by atomic mass is 10.1. The summed E-state index contributed by atoms with van der Waals surface area (Å²) in [5.41, 5.74) is 2.95. The van der Waals surface area contributed by atoms with Gasteiger partial charge in [-0.25, -0.2) is 4.79 Å². The van der Waals surface area contributed by atoms with E-state index in [4.69, 9.17) is 4.74 Å². The number of urea groups is 1. The normalized spacial score (nSPS) is 10.0. The second-order valence-electron chi connectivity index (χ2n) is 4.76. The van der Waals surface area contributed by atoms with E-state index in [1.807, 2.05) is 55.5 Å². The Balaban J connectivity index is 1.83. The molecule has 0 aliphatic heterocycles. The SMILES string of the molecule is COc1ccccc1CCNC(=O)Nc1ccccc1C. The minimum Gasteiger partial charge on any atom is -0.496 e. The maximum Gasteiger partial charge on any atom is 0.319 e. The fourth-order valence-corrected chi connectivity index (χ4v) is 2.10. The topological polar surface area (TPSA) is 50.4 Å². The Morgan fingerprint density at radius 3 is 2.57 bits per heavy atom. The number of para-hydroxylation sites is 2. The van der Waals surface area contributed by atoms with Crippen LogP contribution in [0.4, 0.5) is 10.5 Å². The summed E-state index contributed by atoms with van der Waals surface area (Å²) in [6.45, 7) is 2.52. The van der Waals surface area contributed by atoms with Crippen LogP contribution >= 0.6 is 0 Å². The molecule has 21 heavy (non-hydrogen) atoms. The highest BCUT2D eigenvalue weighted by Crippen LogP contribution is 2.17. The van der Waals surface area contributed by atoms with Crippen LogP contribution in [-0.4, -0.2) is 19.7 Å². The fraction of sp³-hybridized carbons (Fsp3) is 0.235. The van der Waals surface area contributed by atoms with E-state index in [1.165, 1.54) is 0 Å². The fourth-order valence-electron chi connectivity index (χ4n) is 2.10. The van der Waals surface area contributed by atoms with Gasteiger partial charge in [0.05, 0.1) is 7.11 Å². The minimum absolute atomic E-state index is 0.195. The van der Waals surface area contributed by atoms with Gasteiger partial charge in [0.1, 0.15) is 5.75 Å². The van der Waals surface area contributed by atoms with Crippen LogP contribution in [0.5, 0.6) is 5.75 Å². The summed E-state index contributed by atoms with van der Waals surface area (Å²) in [7, 11) is 1.65. The molecule has 0 unspecified atom stereocenters. The summed E-state index contributed by atoms with van der Waals surface area (Å²) in [6.07, 6.45) is 0.727. The lowest BCUT2D eigenvalue weighted by molar-refractivity contribution is 0.252. The van der Waals surface area contributed by atoms with Crippen molar-refractivity contribution in [1.82, 2.24) is 5.32 Å². The van der Waals surface area contributed by atoms with Crippen molar-refractivity contribution in [2.75, 3.05) is 19.0 Å². The van der Waals surface area contributed by atoms with Crippen LogP contribution in [0, 0.1) is 6.92 Å². The average Bonchev–Trinajstić information content (AvgIpc) is 2.50. The van der Waals surface area contributed by atoms with Crippen molar-refractivity contribution >= 4 is 11.7 Å². The first-order chi connectivity index (χ1) is 10.2. The number of hydrogen-bond donors (Lipinski definition) is 2. The van der Waals surface area contributed by atoms with Crippen molar-refractivity contribution in [2.24, 2.45) is 0 Å². The summed E-state index contributed by atoms with van der Waals surface area (Å²) in [6, 6.07) is 15.3. The van der Waals surface area contributed by atoms with E-state index < -0.39 is 0 Å². The highest BCUT2D eigenvalue weighted by atomic mass is 16.5. The number of nitrogens with one attached hydrogen (secondary N) is 2. The van der Waals surface area contributed by atoms with Crippen molar-refractivity contribution in [3.8, 4) is 5.75 Å². The Bertz CT molecular complexity index is 611. The maximum absolute atomic E-state index is 11.9. The molecule has 2 aromatic rings. The molecule has 2 rings (SSSR count). The summed E-state index contributed by atoms with van der Waals surface area (Å²) < 4.78 is 5.29. The van der Waals surface area contributed by atoms with Gasteiger partial charge in [-0.3, -0.25) is 0 Å². The molecule has 0 aliphatic rings. The second kappa shape index (κ2) is 7.33. The largest absolute Gasteiger partial charge is 0.496 e. The number of ether oxygens (including phenoxy) is 1. The molecule has 2 amide bonds. The number of hydrogen-bond acceptors (Lipinski definition) is 2. The van der Waals surface area contributed by atoms with Gasteiger partial charge in [-0.15, -0.1) is 0 Å². The molecule has 0 fully saturated rings. The molecule has 0 radical (unpaired) electrons. The van der Waals surface area contributed by atoms with E-state index in [-0.39, 0.29) is 6.03 Å². The molecule has 110 valence electrons. The number of amides is 2. The van der Waals surface area contributed by atoms with E-state index in [9.17, 15) is 4.79 Å². The highest BCUT2D eigenvalue weighted by molar-refractivity contribution is 5.89. The van der Waals surface area contributed by atoms with Crippen LogP contribution in [0.2, 0.25) is 0 Å². The van der Waals surface area contributed by atoms with E-state index in [0.29, 0.717) is 6.54 Å². The molecule has 0 spiro atoms. The first-order valence-corrected chi connectivity index (χ1v) is 6.93. The first-order valence-electron chi connectivity index (χ1n) is 6.93. The molecule has 2 N–H and O–H groups in total. The number of anilines is 1. The zero-order valence-electron chi connectivity index (χ0n) is 12.3. The molecule has 4 nitrogen and oxygen atoms in total. The van der Waals surface area contributed by atoms with Gasteiger partial charge in [-0.05, 0) is 36.6 Å². The Labute approximate surface area is 125 Å². The molecule has 0 saturated heterocycles. The second-order valence-corrected chi connectivity index (χ2v) is 4.76. The van der Waals surface area contributed by atoms with Gasteiger partial charge in [0, 0.05) is 12.2 Å². The quantitative estimate of drug-likeness (QED) is 0.884. The van der Waals surface area contributed by atoms with Gasteiger partial charge in [0.15, 0.2) is 0 Å². The third kappa shape index (κ3) is 4.24. The first kappa shape index (κ1) is 14.9. The number of carbonyl (C=O) groups is 1. The van der Waals surface area contributed by atoms with Crippen LogP contribution in [0.3, 0.4) is 0 Å². The number of aryl methyl sites for hydroxylation is 1. The van der Waals surface area contributed by atoms with Gasteiger partial charge in [0.25, 0.3) is 0 Å². The monoisotopic (exact) mass is 284 g/mol. The smallest absolute Gasteiger partial charge is 0.319 e. The minimum atomic E-state index is -0.195. The van der Waals surface area contributed by atoms with E-state index in [1.54, 1.807) is 7.11 Å². The Morgan fingerprint density at radius 1 is 1.10 bits per heavy atom. The van der Waals surface area contributed by atoms with Gasteiger partial charge >= 0.3 is 6.03 Å². The van der Waals surface area contributed by atoms with Gasteiger partial charge in [-0.1, -0.05) is 36.4 Å². The number of rotatable bonds is 5. The number of carbonyl (C=O) groups excluding carboxylic acids is 1. The maximum atomic E-state index is 11.9. The molecule has 0 bridgehead atoms. The number of benzene rings is 2. The van der Waals surface area contributed by atoms with Gasteiger partial charge in [-0.2, -0.15) is 0 Å². The van der Waals surface area contributed by atoms with E-state index in [0.717, 1.165) is 29.0 Å². The van der Waals surface area contributed by atoms with E-state index >= 15 is 0 Å². The van der Waals surface area contributed by atoms with Crippen molar-refractivity contribution in [3.63, 3.8) is 0 Å². The lowest BCUT2D eigenvalue weighted by Crippen LogP contribution is -2.30. The van der Waals surface area contributed by atoms with Crippen LogP contribution in [0.15, 0.2) is 48.5 Å². The predicted molar refractivity (Wildman–Crippen MR) is 84.9 cm³/mol. The van der Waals surface area contributed by atoms with Crippen LogP contribution in [-0.2, 0) is 6.42 Å². The van der Waals surface area contributed by atoms with E-state index in [2.05, 4.69) is 10.6 Å². The molecule has 0 saturated carbocycles. The lowest BCUT2D eigenvalue weighted by Gasteiger charge is -2.11. The molecular weight excluding hydrogens is 264 g/mol. The average molecular weight is 284 g/mol. The van der Waals surface area contributed by atoms with Crippen LogP contribution in [0.1, 0.15) is 11.1 Å². The number of methoxy groups -OCH3 is 1. The van der Waals surface area contributed by atoms with Crippen molar-refractivity contribution in [1.29, 1.82) is 0 Å². The summed E-state index contributed by atoms with van der Waals surface area (Å²) >= 11 is 0. The van der Waals surface area contributed by atoms with Gasteiger partial charge < -0.3 is 15.4 Å². The zero-order valence-corrected chi connectivity index (χ0v) is 12.3. The third-order valence-electron chi connectivity index (χ3n) is 3.27. The third-order valence-corrected chi connectivity index (χ3v) is 3.27. The Morgan fingerprint density at radius 2 is 1.81 bits per heavy atom. The summed E-state index contributed by atoms with van der Waals surface area (Å²) in [5.74, 6) is 0.846. The Kier molecular flexibility index (Phi) is 5.21. The highest BCUT2D eigenvalue weighted by Gasteiger charge is 2.05. The molecular formula is C17H20N2O2. The van der Waals surface area contributed by atoms with Crippen LogP contribution < -0.4 is 15.4 Å². The van der Waals surface area contributed by atoms with Crippen molar-refractivity contribution in [3.05, 3.63) is 59.7 Å². The standard InChI is InChI=1S/C17H20N2O2/c1-13-7-3-5-9-15(13)19-17(20)18-12-11-14-8-4-6-10-16(14)21-2/h3-10H,11-12H2,1-2H3,(H2,18,19,20). The summed E-state index contributed by atoms with van der Waals surface area (Å²) in [5, 5.41) is 5.70. The Hall–Kier alpha value is -2.49. The molecule has 0 aromatic heterocycles. The molecule has 0 atom stereocenters.